The molecule has 1 N–H and O–H groups in total. The predicted octanol–water partition coefficient (Wildman–Crippen LogP) is 4.35. The van der Waals surface area contributed by atoms with Gasteiger partial charge in [0, 0.05) is 0 Å². The number of aromatic nitrogens is 3. The Hall–Kier alpha value is -2.87. The van der Waals surface area contributed by atoms with E-state index >= 15 is 0 Å². The summed E-state index contributed by atoms with van der Waals surface area (Å²) in [6.45, 7) is 7.09. The molecule has 2 heterocycles. The molecule has 0 radical (unpaired) electrons. The van der Waals surface area contributed by atoms with Crippen LogP contribution in [0.5, 0.6) is 11.8 Å². The molecule has 0 bridgehead atoms. The molecule has 0 atom stereocenters. The number of nitrogens with one attached hydrogen (secondary N) is 1. The van der Waals surface area contributed by atoms with Gasteiger partial charge in [0.2, 0.25) is 0 Å². The van der Waals surface area contributed by atoms with Gasteiger partial charge in [-0.1, -0.05) is 12.1 Å². The van der Waals surface area contributed by atoms with Gasteiger partial charge in [0.1, 0.15) is 4.88 Å². The zero-order valence-electron chi connectivity index (χ0n) is 14.8. The summed E-state index contributed by atoms with van der Waals surface area (Å²) in [5.74, 6) is -0.718. The van der Waals surface area contributed by atoms with Gasteiger partial charge in [-0.05, 0) is 39.8 Å². The summed E-state index contributed by atoms with van der Waals surface area (Å²) in [4.78, 5) is 25.7. The second-order valence-electron chi connectivity index (χ2n) is 5.69. The highest BCUT2D eigenvalue weighted by Crippen LogP contribution is 2.26. The van der Waals surface area contributed by atoms with Crippen LogP contribution in [0, 0.1) is 33.5 Å². The minimum Gasteiger partial charge on any atom is -0.421 e. The van der Waals surface area contributed by atoms with E-state index in [0.29, 0.717) is 27.6 Å². The van der Waals surface area contributed by atoms with Gasteiger partial charge < -0.3 is 10.1 Å². The molecule has 26 heavy (non-hydrogen) atoms. The predicted molar refractivity (Wildman–Crippen MR) is 97.5 cm³/mol. The summed E-state index contributed by atoms with van der Waals surface area (Å²) in [5.41, 5.74) is 2.23. The first-order valence-electron chi connectivity index (χ1n) is 7.88. The first kappa shape index (κ1) is 17.9. The highest BCUT2D eigenvalue weighted by Gasteiger charge is 2.18. The third-order valence-corrected chi connectivity index (χ3v) is 4.71. The fraction of sp³-hybridized carbons (Fsp3) is 0.222. The fourth-order valence-corrected chi connectivity index (χ4v) is 3.27. The van der Waals surface area contributed by atoms with Gasteiger partial charge in [0.15, 0.2) is 11.6 Å². The molecule has 0 aliphatic heterocycles. The first-order valence-corrected chi connectivity index (χ1v) is 8.70. The Bertz CT molecular complexity index is 964. The molecule has 1 aromatic carbocycles. The average molecular weight is 372 g/mol. The van der Waals surface area contributed by atoms with Gasteiger partial charge >= 0.3 is 6.01 Å². The number of anilines is 1. The lowest BCUT2D eigenvalue weighted by atomic mass is 10.2. The van der Waals surface area contributed by atoms with Gasteiger partial charge in [0.05, 0.1) is 27.8 Å². The van der Waals surface area contributed by atoms with Gasteiger partial charge in [-0.3, -0.25) is 4.79 Å². The van der Waals surface area contributed by atoms with Crippen LogP contribution in [0.3, 0.4) is 0 Å². The third-order valence-electron chi connectivity index (χ3n) is 3.64. The van der Waals surface area contributed by atoms with Crippen LogP contribution in [-0.2, 0) is 0 Å². The molecule has 0 fully saturated rings. The molecular formula is C18H17FN4O2S. The minimum atomic E-state index is -0.500. The molecule has 1 amide bonds. The maximum absolute atomic E-state index is 13.7. The van der Waals surface area contributed by atoms with E-state index in [1.54, 1.807) is 32.9 Å². The minimum absolute atomic E-state index is 0.0212. The number of amides is 1. The van der Waals surface area contributed by atoms with Crippen LogP contribution < -0.4 is 10.1 Å². The van der Waals surface area contributed by atoms with Crippen molar-refractivity contribution in [2.24, 2.45) is 0 Å². The lowest BCUT2D eigenvalue weighted by Gasteiger charge is -2.12. The number of hydrogen-bond acceptors (Lipinski definition) is 6. The number of halogens is 1. The van der Waals surface area contributed by atoms with Crippen molar-refractivity contribution >= 4 is 22.9 Å². The average Bonchev–Trinajstić information content (AvgIpc) is 2.91. The second-order valence-corrected chi connectivity index (χ2v) is 6.89. The maximum Gasteiger partial charge on any atom is 0.322 e. The highest BCUT2D eigenvalue weighted by atomic mass is 32.1. The molecule has 8 heteroatoms. The lowest BCUT2D eigenvalue weighted by molar-refractivity contribution is 0.102. The monoisotopic (exact) mass is 372 g/mol. The van der Waals surface area contributed by atoms with Gasteiger partial charge in [-0.25, -0.2) is 9.37 Å². The molecule has 3 rings (SSSR count). The molecule has 0 aliphatic carbocycles. The van der Waals surface area contributed by atoms with Crippen LogP contribution in [-0.4, -0.2) is 20.9 Å². The van der Waals surface area contributed by atoms with E-state index in [-0.39, 0.29) is 17.7 Å². The molecule has 0 saturated heterocycles. The second kappa shape index (κ2) is 7.17. The Labute approximate surface area is 154 Å². The summed E-state index contributed by atoms with van der Waals surface area (Å²) < 4.78 is 19.1. The molecule has 6 nitrogen and oxygen atoms in total. The van der Waals surface area contributed by atoms with Crippen LogP contribution in [0.4, 0.5) is 10.1 Å². The van der Waals surface area contributed by atoms with E-state index in [1.165, 1.54) is 23.5 Å². The Morgan fingerprint density at radius 1 is 1.04 bits per heavy atom. The smallest absolute Gasteiger partial charge is 0.322 e. The zero-order valence-corrected chi connectivity index (χ0v) is 15.6. The number of nitrogens with zero attached hydrogens (tertiary/aromatic N) is 3. The van der Waals surface area contributed by atoms with E-state index in [4.69, 9.17) is 4.74 Å². The number of carbonyl (C=O) groups is 1. The summed E-state index contributed by atoms with van der Waals surface area (Å²) in [6.07, 6.45) is 0. The highest BCUT2D eigenvalue weighted by molar-refractivity contribution is 7.13. The zero-order chi connectivity index (χ0) is 18.8. The van der Waals surface area contributed by atoms with E-state index < -0.39 is 5.82 Å². The molecule has 2 aromatic heterocycles. The van der Waals surface area contributed by atoms with Crippen molar-refractivity contribution in [2.75, 3.05) is 5.32 Å². The van der Waals surface area contributed by atoms with Crippen LogP contribution in [0.2, 0.25) is 0 Å². The van der Waals surface area contributed by atoms with Crippen LogP contribution in [0.25, 0.3) is 0 Å². The van der Waals surface area contributed by atoms with Crippen molar-refractivity contribution in [1.82, 2.24) is 15.0 Å². The third kappa shape index (κ3) is 3.70. The number of ether oxygens (including phenoxy) is 1. The summed E-state index contributed by atoms with van der Waals surface area (Å²) in [7, 11) is 0. The Morgan fingerprint density at radius 2 is 1.69 bits per heavy atom. The number of hydrogen-bond donors (Lipinski definition) is 1. The van der Waals surface area contributed by atoms with E-state index in [1.807, 2.05) is 6.92 Å². The summed E-state index contributed by atoms with van der Waals surface area (Å²) in [6, 6.07) is 6.04. The molecule has 134 valence electrons. The Morgan fingerprint density at radius 3 is 2.27 bits per heavy atom. The van der Waals surface area contributed by atoms with Gasteiger partial charge in [-0.2, -0.15) is 9.97 Å². The SMILES string of the molecule is Cc1nc(C)c(C(=O)Nc2c(C)nc(Oc3ccccc3F)nc2C)s1. The molecule has 0 saturated carbocycles. The number of para-hydroxylation sites is 1. The van der Waals surface area contributed by atoms with Crippen molar-refractivity contribution in [1.29, 1.82) is 0 Å². The topological polar surface area (TPSA) is 77.0 Å². The van der Waals surface area contributed by atoms with Gasteiger partial charge in [-0.15, -0.1) is 11.3 Å². The number of benzene rings is 1. The van der Waals surface area contributed by atoms with E-state index in [0.717, 1.165) is 5.01 Å². The maximum atomic E-state index is 13.7. The molecule has 0 spiro atoms. The first-order chi connectivity index (χ1) is 12.3. The van der Waals surface area contributed by atoms with Crippen LogP contribution in [0.15, 0.2) is 24.3 Å². The van der Waals surface area contributed by atoms with Crippen molar-refractivity contribution in [3.63, 3.8) is 0 Å². The van der Waals surface area contributed by atoms with Crippen molar-refractivity contribution in [3.05, 3.63) is 57.0 Å². The number of thiazole rings is 1. The standard InChI is InChI=1S/C18H17FN4O2S/c1-9-15(23-17(24)16-11(3)20-12(4)26-16)10(2)22-18(21-9)25-14-8-6-5-7-13(14)19/h5-8H,1-4H3,(H,23,24). The molecule has 3 aromatic rings. The van der Waals surface area contributed by atoms with Gasteiger partial charge in [0.25, 0.3) is 5.91 Å². The Balaban J connectivity index is 1.85. The molecule has 0 unspecified atom stereocenters. The van der Waals surface area contributed by atoms with E-state index in [2.05, 4.69) is 20.3 Å². The van der Waals surface area contributed by atoms with Crippen molar-refractivity contribution < 1.29 is 13.9 Å². The molecular weight excluding hydrogens is 355 g/mol. The number of rotatable bonds is 4. The Kier molecular flexibility index (Phi) is 4.94. The normalized spacial score (nSPS) is 10.7. The van der Waals surface area contributed by atoms with Crippen molar-refractivity contribution in [2.45, 2.75) is 27.7 Å². The largest absolute Gasteiger partial charge is 0.421 e. The van der Waals surface area contributed by atoms with Crippen LogP contribution in [0.1, 0.15) is 31.8 Å². The molecule has 0 aliphatic rings. The number of aryl methyl sites for hydroxylation is 4. The summed E-state index contributed by atoms with van der Waals surface area (Å²) in [5, 5.41) is 3.65. The lowest BCUT2D eigenvalue weighted by Crippen LogP contribution is -2.15. The van der Waals surface area contributed by atoms with E-state index in [9.17, 15) is 9.18 Å². The number of carbonyl (C=O) groups excluding carboxylic acids is 1. The fourth-order valence-electron chi connectivity index (χ4n) is 2.45. The summed E-state index contributed by atoms with van der Waals surface area (Å²) >= 11 is 1.33. The van der Waals surface area contributed by atoms with Crippen molar-refractivity contribution in [3.8, 4) is 11.8 Å². The quantitative estimate of drug-likeness (QED) is 0.737. The van der Waals surface area contributed by atoms with Crippen LogP contribution >= 0.6 is 11.3 Å².